The van der Waals surface area contributed by atoms with Crippen LogP contribution in [0.4, 0.5) is 0 Å². The summed E-state index contributed by atoms with van der Waals surface area (Å²) in [4.78, 5) is 23.3. The van der Waals surface area contributed by atoms with Crippen LogP contribution in [-0.2, 0) is 0 Å². The molecule has 2 aromatic rings. The number of carbonyl (C=O) groups excluding carboxylic acids is 1. The molecule has 2 aromatic heterocycles. The molecular formula is C16H18N6O. The number of nitriles is 1. The van der Waals surface area contributed by atoms with Crippen LogP contribution >= 0.6 is 0 Å². The number of hydrogen-bond acceptors (Lipinski definition) is 5. The fraction of sp³-hybridized carbons (Fsp3) is 0.438. The number of aryl methyl sites for hydroxylation is 2. The third-order valence-corrected chi connectivity index (χ3v) is 4.10. The van der Waals surface area contributed by atoms with E-state index in [2.05, 4.69) is 26.2 Å². The van der Waals surface area contributed by atoms with Crippen LogP contribution < -0.4 is 0 Å². The third-order valence-electron chi connectivity index (χ3n) is 4.10. The molecule has 0 saturated carbocycles. The van der Waals surface area contributed by atoms with Gasteiger partial charge in [-0.05, 0) is 45.2 Å². The number of nitrogens with one attached hydrogen (secondary N) is 1. The molecular weight excluding hydrogens is 292 g/mol. The zero-order valence-electron chi connectivity index (χ0n) is 13.2. The number of carbonyl (C=O) groups is 1. The first-order valence-corrected chi connectivity index (χ1v) is 7.68. The number of aromatic nitrogens is 4. The highest BCUT2D eigenvalue weighted by atomic mass is 16.2. The molecule has 1 fully saturated rings. The molecule has 1 saturated heterocycles. The number of piperidine rings is 1. The normalized spacial score (nSPS) is 17.8. The zero-order valence-corrected chi connectivity index (χ0v) is 13.2. The molecule has 1 N–H and O–H groups in total. The molecule has 3 heterocycles. The van der Waals surface area contributed by atoms with Crippen LogP contribution in [0.5, 0.6) is 0 Å². The maximum atomic E-state index is 12.9. The summed E-state index contributed by atoms with van der Waals surface area (Å²) in [5.74, 6) is 1.26. The number of nitrogens with zero attached hydrogens (tertiary/aromatic N) is 5. The van der Waals surface area contributed by atoms with Crippen molar-refractivity contribution in [3.8, 4) is 6.07 Å². The Kier molecular flexibility index (Phi) is 4.06. The van der Waals surface area contributed by atoms with Crippen LogP contribution in [-0.4, -0.2) is 37.5 Å². The van der Waals surface area contributed by atoms with Gasteiger partial charge in [-0.1, -0.05) is 0 Å². The van der Waals surface area contributed by atoms with Crippen LogP contribution in [0.1, 0.15) is 58.7 Å². The Morgan fingerprint density at radius 2 is 2.17 bits per heavy atom. The van der Waals surface area contributed by atoms with Gasteiger partial charge in [0, 0.05) is 6.54 Å². The minimum absolute atomic E-state index is 0.126. The van der Waals surface area contributed by atoms with Gasteiger partial charge in [-0.15, -0.1) is 0 Å². The average Bonchev–Trinajstić information content (AvgIpc) is 3.00. The van der Waals surface area contributed by atoms with Crippen LogP contribution in [0, 0.1) is 25.2 Å². The first kappa shape index (κ1) is 15.2. The van der Waals surface area contributed by atoms with Gasteiger partial charge in [0.1, 0.15) is 17.6 Å². The quantitative estimate of drug-likeness (QED) is 0.915. The van der Waals surface area contributed by atoms with Gasteiger partial charge in [0.05, 0.1) is 17.3 Å². The number of pyridine rings is 1. The molecule has 1 aliphatic heterocycles. The summed E-state index contributed by atoms with van der Waals surface area (Å²) in [6, 6.07) is 5.20. The third kappa shape index (κ3) is 2.93. The second-order valence-electron chi connectivity index (χ2n) is 5.73. The second kappa shape index (κ2) is 6.16. The predicted molar refractivity (Wildman–Crippen MR) is 82.4 cm³/mol. The van der Waals surface area contributed by atoms with E-state index < -0.39 is 0 Å². The van der Waals surface area contributed by atoms with Crippen LogP contribution in [0.25, 0.3) is 0 Å². The van der Waals surface area contributed by atoms with Gasteiger partial charge in [0.2, 0.25) is 0 Å². The van der Waals surface area contributed by atoms with E-state index in [-0.39, 0.29) is 11.9 Å². The zero-order chi connectivity index (χ0) is 16.4. The molecule has 0 radical (unpaired) electrons. The van der Waals surface area contributed by atoms with Crippen molar-refractivity contribution in [1.82, 2.24) is 25.1 Å². The molecule has 0 unspecified atom stereocenters. The van der Waals surface area contributed by atoms with Gasteiger partial charge in [-0.2, -0.15) is 10.4 Å². The molecule has 1 amide bonds. The standard InChI is InChI=1S/C16H18N6O/c1-10-12(9-17)6-7-13(18-10)16(23)22-8-4-3-5-14(22)15-19-11(2)20-21-15/h6-7,14H,3-5,8H2,1-2H3,(H,19,20,21)/t14-/m0/s1. The molecule has 118 valence electrons. The molecule has 0 aliphatic carbocycles. The predicted octanol–water partition coefficient (Wildman–Crippen LogP) is 2.06. The van der Waals surface area contributed by atoms with Crippen molar-refractivity contribution in [2.75, 3.05) is 6.54 Å². The Balaban J connectivity index is 1.90. The first-order valence-electron chi connectivity index (χ1n) is 7.68. The summed E-state index contributed by atoms with van der Waals surface area (Å²) in [5, 5.41) is 16.0. The highest BCUT2D eigenvalue weighted by Gasteiger charge is 2.31. The highest BCUT2D eigenvalue weighted by Crippen LogP contribution is 2.30. The summed E-state index contributed by atoms with van der Waals surface area (Å²) >= 11 is 0. The number of amides is 1. The monoisotopic (exact) mass is 310 g/mol. The fourth-order valence-corrected chi connectivity index (χ4v) is 2.90. The van der Waals surface area contributed by atoms with Crippen LogP contribution in [0.15, 0.2) is 12.1 Å². The van der Waals surface area contributed by atoms with Gasteiger partial charge < -0.3 is 4.90 Å². The van der Waals surface area contributed by atoms with E-state index in [1.807, 2.05) is 6.92 Å². The van der Waals surface area contributed by atoms with E-state index in [0.29, 0.717) is 29.3 Å². The molecule has 0 spiro atoms. The maximum absolute atomic E-state index is 12.9. The van der Waals surface area contributed by atoms with Gasteiger partial charge in [0.25, 0.3) is 5.91 Å². The van der Waals surface area contributed by atoms with Gasteiger partial charge >= 0.3 is 0 Å². The van der Waals surface area contributed by atoms with E-state index in [1.165, 1.54) is 0 Å². The van der Waals surface area contributed by atoms with Crippen molar-refractivity contribution < 1.29 is 4.79 Å². The Hall–Kier alpha value is -2.75. The van der Waals surface area contributed by atoms with Crippen molar-refractivity contribution in [2.24, 2.45) is 0 Å². The smallest absolute Gasteiger partial charge is 0.273 e. The van der Waals surface area contributed by atoms with Crippen molar-refractivity contribution in [3.05, 3.63) is 40.7 Å². The SMILES string of the molecule is Cc1nc([C@@H]2CCCCN2C(=O)c2ccc(C#N)c(C)n2)n[nH]1. The van der Waals surface area contributed by atoms with E-state index in [1.54, 1.807) is 24.0 Å². The first-order chi connectivity index (χ1) is 11.1. The fourth-order valence-electron chi connectivity index (χ4n) is 2.90. The maximum Gasteiger partial charge on any atom is 0.273 e. The summed E-state index contributed by atoms with van der Waals surface area (Å²) in [6.45, 7) is 4.25. The Bertz CT molecular complexity index is 775. The number of aromatic amines is 1. The van der Waals surface area contributed by atoms with Gasteiger partial charge in [0.15, 0.2) is 5.82 Å². The lowest BCUT2D eigenvalue weighted by Crippen LogP contribution is -2.39. The molecule has 0 bridgehead atoms. The van der Waals surface area contributed by atoms with E-state index in [4.69, 9.17) is 5.26 Å². The van der Waals surface area contributed by atoms with Crippen molar-refractivity contribution in [1.29, 1.82) is 5.26 Å². The number of H-pyrrole nitrogens is 1. The minimum atomic E-state index is -0.134. The van der Waals surface area contributed by atoms with Crippen molar-refractivity contribution in [3.63, 3.8) is 0 Å². The molecule has 1 atom stereocenters. The Morgan fingerprint density at radius 3 is 2.83 bits per heavy atom. The lowest BCUT2D eigenvalue weighted by molar-refractivity contribution is 0.0594. The lowest BCUT2D eigenvalue weighted by Gasteiger charge is -2.33. The van der Waals surface area contributed by atoms with Crippen LogP contribution in [0.2, 0.25) is 0 Å². The molecule has 0 aromatic carbocycles. The number of rotatable bonds is 2. The highest BCUT2D eigenvalue weighted by molar-refractivity contribution is 5.92. The summed E-state index contributed by atoms with van der Waals surface area (Å²) in [6.07, 6.45) is 2.85. The number of likely N-dealkylation sites (tertiary alicyclic amines) is 1. The van der Waals surface area contributed by atoms with Crippen molar-refractivity contribution >= 4 is 5.91 Å². The van der Waals surface area contributed by atoms with Crippen LogP contribution in [0.3, 0.4) is 0 Å². The van der Waals surface area contributed by atoms with E-state index in [9.17, 15) is 4.79 Å². The largest absolute Gasteiger partial charge is 0.327 e. The molecule has 3 rings (SSSR count). The Morgan fingerprint density at radius 1 is 1.35 bits per heavy atom. The molecule has 7 nitrogen and oxygen atoms in total. The second-order valence-corrected chi connectivity index (χ2v) is 5.73. The Labute approximate surface area is 134 Å². The molecule has 7 heteroatoms. The average molecular weight is 310 g/mol. The summed E-state index contributed by atoms with van der Waals surface area (Å²) in [7, 11) is 0. The molecule has 1 aliphatic rings. The van der Waals surface area contributed by atoms with E-state index in [0.717, 1.165) is 25.1 Å². The lowest BCUT2D eigenvalue weighted by atomic mass is 10.0. The van der Waals surface area contributed by atoms with Gasteiger partial charge in [-0.3, -0.25) is 9.89 Å². The molecule has 23 heavy (non-hydrogen) atoms. The van der Waals surface area contributed by atoms with Gasteiger partial charge in [-0.25, -0.2) is 9.97 Å². The summed E-state index contributed by atoms with van der Waals surface area (Å²) in [5.41, 5.74) is 1.42. The number of hydrogen-bond donors (Lipinski definition) is 1. The topological polar surface area (TPSA) is 98.6 Å². The van der Waals surface area contributed by atoms with Crippen molar-refractivity contribution in [2.45, 2.75) is 39.2 Å². The van der Waals surface area contributed by atoms with E-state index >= 15 is 0 Å². The minimum Gasteiger partial charge on any atom is -0.327 e. The summed E-state index contributed by atoms with van der Waals surface area (Å²) < 4.78 is 0.